The molecule has 0 aliphatic carbocycles. The van der Waals surface area contributed by atoms with Crippen LogP contribution in [0.15, 0.2) is 10.5 Å². The molecule has 0 spiro atoms. The van der Waals surface area contributed by atoms with Gasteiger partial charge in [-0.3, -0.25) is 4.79 Å². The summed E-state index contributed by atoms with van der Waals surface area (Å²) in [6.07, 6.45) is 0.677. The molecule has 1 aliphatic heterocycles. The minimum absolute atomic E-state index is 0.00847. The maximum Gasteiger partial charge on any atom is 0.255 e. The molecule has 1 fully saturated rings. The number of amides is 1. The van der Waals surface area contributed by atoms with E-state index in [0.29, 0.717) is 24.5 Å². The van der Waals surface area contributed by atoms with Crippen LogP contribution in [0.1, 0.15) is 28.3 Å². The number of rotatable bonds is 3. The van der Waals surface area contributed by atoms with E-state index in [1.807, 2.05) is 6.92 Å². The average Bonchev–Trinajstić information content (AvgIpc) is 2.69. The molecule has 1 amide bonds. The van der Waals surface area contributed by atoms with Crippen molar-refractivity contribution in [3.05, 3.63) is 23.2 Å². The van der Waals surface area contributed by atoms with Gasteiger partial charge in [0.2, 0.25) is 0 Å². The SMILES string of the molecule is CO[C@H]1COCC[C@@H]1NC(=O)c1cc(C)oc1C. The van der Waals surface area contributed by atoms with Gasteiger partial charge in [-0.05, 0) is 26.3 Å². The Labute approximate surface area is 106 Å². The van der Waals surface area contributed by atoms with Gasteiger partial charge in [-0.15, -0.1) is 0 Å². The van der Waals surface area contributed by atoms with Crippen molar-refractivity contribution in [2.75, 3.05) is 20.3 Å². The third-order valence-electron chi connectivity index (χ3n) is 3.21. The lowest BCUT2D eigenvalue weighted by molar-refractivity contribution is -0.0479. The number of ether oxygens (including phenoxy) is 2. The minimum Gasteiger partial charge on any atom is -0.466 e. The quantitative estimate of drug-likeness (QED) is 0.885. The van der Waals surface area contributed by atoms with Gasteiger partial charge in [-0.2, -0.15) is 0 Å². The Bertz CT molecular complexity index is 427. The van der Waals surface area contributed by atoms with Gasteiger partial charge in [-0.1, -0.05) is 0 Å². The highest BCUT2D eigenvalue weighted by Gasteiger charge is 2.28. The molecule has 0 bridgehead atoms. The van der Waals surface area contributed by atoms with Crippen molar-refractivity contribution in [3.63, 3.8) is 0 Å². The summed E-state index contributed by atoms with van der Waals surface area (Å²) in [6, 6.07) is 1.75. The van der Waals surface area contributed by atoms with Crippen LogP contribution in [-0.2, 0) is 9.47 Å². The Morgan fingerprint density at radius 1 is 1.50 bits per heavy atom. The number of carbonyl (C=O) groups is 1. The average molecular weight is 253 g/mol. The lowest BCUT2D eigenvalue weighted by atomic mass is 10.1. The monoisotopic (exact) mass is 253 g/mol. The van der Waals surface area contributed by atoms with Crippen molar-refractivity contribution in [1.29, 1.82) is 0 Å². The van der Waals surface area contributed by atoms with E-state index >= 15 is 0 Å². The molecule has 18 heavy (non-hydrogen) atoms. The summed E-state index contributed by atoms with van der Waals surface area (Å²) in [7, 11) is 1.63. The summed E-state index contributed by atoms with van der Waals surface area (Å²) in [4.78, 5) is 12.1. The number of methoxy groups -OCH3 is 1. The highest BCUT2D eigenvalue weighted by atomic mass is 16.5. The summed E-state index contributed by atoms with van der Waals surface area (Å²) in [6.45, 7) is 4.79. The van der Waals surface area contributed by atoms with Crippen molar-refractivity contribution in [2.24, 2.45) is 0 Å². The van der Waals surface area contributed by atoms with Gasteiger partial charge in [0.05, 0.1) is 18.2 Å². The molecular formula is C13H19NO4. The van der Waals surface area contributed by atoms with Crippen LogP contribution in [0.3, 0.4) is 0 Å². The molecule has 1 aliphatic rings. The topological polar surface area (TPSA) is 60.7 Å². The lowest BCUT2D eigenvalue weighted by Crippen LogP contribution is -2.49. The zero-order chi connectivity index (χ0) is 13.1. The predicted molar refractivity (Wildman–Crippen MR) is 65.7 cm³/mol. The number of hydrogen-bond acceptors (Lipinski definition) is 4. The summed E-state index contributed by atoms with van der Waals surface area (Å²) in [5.74, 6) is 1.28. The molecule has 100 valence electrons. The van der Waals surface area contributed by atoms with Gasteiger partial charge in [-0.25, -0.2) is 0 Å². The Morgan fingerprint density at radius 2 is 2.28 bits per heavy atom. The fraction of sp³-hybridized carbons (Fsp3) is 0.615. The first-order valence-electron chi connectivity index (χ1n) is 6.10. The summed E-state index contributed by atoms with van der Waals surface area (Å²) in [5.41, 5.74) is 0.592. The van der Waals surface area contributed by atoms with Crippen LogP contribution in [0.5, 0.6) is 0 Å². The van der Waals surface area contributed by atoms with Crippen molar-refractivity contribution in [1.82, 2.24) is 5.32 Å². The number of carbonyl (C=O) groups excluding carboxylic acids is 1. The second-order valence-electron chi connectivity index (χ2n) is 4.54. The van der Waals surface area contributed by atoms with Crippen LogP contribution in [-0.4, -0.2) is 38.4 Å². The molecule has 1 saturated heterocycles. The minimum atomic E-state index is -0.113. The van der Waals surface area contributed by atoms with E-state index < -0.39 is 0 Å². The molecule has 2 atom stereocenters. The van der Waals surface area contributed by atoms with Crippen molar-refractivity contribution >= 4 is 5.91 Å². The molecule has 0 saturated carbocycles. The first kappa shape index (κ1) is 13.1. The van der Waals surface area contributed by atoms with Gasteiger partial charge in [0, 0.05) is 13.7 Å². The first-order valence-corrected chi connectivity index (χ1v) is 6.10. The number of aryl methyl sites for hydroxylation is 2. The lowest BCUT2D eigenvalue weighted by Gasteiger charge is -2.30. The second-order valence-corrected chi connectivity index (χ2v) is 4.54. The maximum absolute atomic E-state index is 12.1. The maximum atomic E-state index is 12.1. The summed E-state index contributed by atoms with van der Waals surface area (Å²) in [5, 5.41) is 2.99. The van der Waals surface area contributed by atoms with Crippen LogP contribution in [0.2, 0.25) is 0 Å². The van der Waals surface area contributed by atoms with E-state index in [2.05, 4.69) is 5.32 Å². The standard InChI is InChI=1S/C13H19NO4/c1-8-6-10(9(2)18-8)13(15)14-11-4-5-17-7-12(11)16-3/h6,11-12H,4-5,7H2,1-3H3,(H,14,15)/t11-,12-/m0/s1. The van der Waals surface area contributed by atoms with Crippen LogP contribution >= 0.6 is 0 Å². The van der Waals surface area contributed by atoms with Crippen LogP contribution < -0.4 is 5.32 Å². The first-order chi connectivity index (χ1) is 8.61. The number of furan rings is 1. The highest BCUT2D eigenvalue weighted by molar-refractivity contribution is 5.95. The van der Waals surface area contributed by atoms with Crippen LogP contribution in [0, 0.1) is 13.8 Å². The van der Waals surface area contributed by atoms with Crippen molar-refractivity contribution in [2.45, 2.75) is 32.4 Å². The molecule has 2 heterocycles. The number of nitrogens with one attached hydrogen (secondary N) is 1. The van der Waals surface area contributed by atoms with Crippen molar-refractivity contribution < 1.29 is 18.7 Å². The summed E-state index contributed by atoms with van der Waals surface area (Å²) >= 11 is 0. The zero-order valence-corrected chi connectivity index (χ0v) is 11.0. The van der Waals surface area contributed by atoms with Crippen LogP contribution in [0.4, 0.5) is 0 Å². The Hall–Kier alpha value is -1.33. The Balaban J connectivity index is 2.04. The molecule has 5 nitrogen and oxygen atoms in total. The third kappa shape index (κ3) is 2.73. The van der Waals surface area contributed by atoms with E-state index in [-0.39, 0.29) is 18.1 Å². The molecular weight excluding hydrogens is 234 g/mol. The molecule has 5 heteroatoms. The molecule has 2 rings (SSSR count). The molecule has 1 aromatic rings. The molecule has 0 aromatic carbocycles. The smallest absolute Gasteiger partial charge is 0.255 e. The fourth-order valence-electron chi connectivity index (χ4n) is 2.21. The molecule has 0 unspecified atom stereocenters. The van der Waals surface area contributed by atoms with Gasteiger partial charge in [0.25, 0.3) is 5.91 Å². The van der Waals surface area contributed by atoms with E-state index in [0.717, 1.165) is 12.2 Å². The van der Waals surface area contributed by atoms with Gasteiger partial charge in [0.1, 0.15) is 17.6 Å². The zero-order valence-electron chi connectivity index (χ0n) is 11.0. The van der Waals surface area contributed by atoms with E-state index in [9.17, 15) is 4.79 Å². The van der Waals surface area contributed by atoms with Gasteiger partial charge in [0.15, 0.2) is 0 Å². The van der Waals surface area contributed by atoms with Crippen LogP contribution in [0.25, 0.3) is 0 Å². The highest BCUT2D eigenvalue weighted by Crippen LogP contribution is 2.16. The Kier molecular flexibility index (Phi) is 4.04. The number of hydrogen-bond donors (Lipinski definition) is 1. The summed E-state index contributed by atoms with van der Waals surface area (Å²) < 4.78 is 16.0. The second kappa shape index (κ2) is 5.54. The predicted octanol–water partition coefficient (Wildman–Crippen LogP) is 1.43. The Morgan fingerprint density at radius 3 is 2.89 bits per heavy atom. The van der Waals surface area contributed by atoms with E-state index in [4.69, 9.17) is 13.9 Å². The third-order valence-corrected chi connectivity index (χ3v) is 3.21. The molecule has 1 aromatic heterocycles. The van der Waals surface area contributed by atoms with Crippen molar-refractivity contribution in [3.8, 4) is 0 Å². The fourth-order valence-corrected chi connectivity index (χ4v) is 2.21. The molecule has 1 N–H and O–H groups in total. The van der Waals surface area contributed by atoms with Gasteiger partial charge < -0.3 is 19.2 Å². The van der Waals surface area contributed by atoms with Gasteiger partial charge >= 0.3 is 0 Å². The van der Waals surface area contributed by atoms with E-state index in [1.165, 1.54) is 0 Å². The van der Waals surface area contributed by atoms with E-state index in [1.54, 1.807) is 20.1 Å². The largest absolute Gasteiger partial charge is 0.466 e. The normalized spacial score (nSPS) is 23.9. The molecule has 0 radical (unpaired) electrons.